The maximum absolute atomic E-state index is 13.6. The fourth-order valence-electron chi connectivity index (χ4n) is 5.38. The van der Waals surface area contributed by atoms with Crippen molar-refractivity contribution in [2.24, 2.45) is 7.05 Å². The van der Waals surface area contributed by atoms with E-state index in [2.05, 4.69) is 20.3 Å². The molecule has 0 spiro atoms. The maximum Gasteiger partial charge on any atom is 0.410 e. The van der Waals surface area contributed by atoms with Crippen LogP contribution in [0.5, 0.6) is 10.9 Å². The number of aromatic nitrogens is 3. The molecule has 1 fully saturated rings. The minimum Gasteiger partial charge on any atom is -0.494 e. The molecular formula is C29H36N6O5S. The molecule has 0 bridgehead atoms. The highest BCUT2D eigenvalue weighted by molar-refractivity contribution is 7.21. The summed E-state index contributed by atoms with van der Waals surface area (Å²) < 4.78 is 19.3. The molecule has 1 aliphatic heterocycles. The standard InChI is InChI=1S/C29H36N6O5S/c1-16-13-34(14-17(2)35(16)28(37)40-29(3,4)5)22-12-9-18(23-25(22)41-27(31-23)39-8)26(36)30-21-11-10-20-19(24(21)38-7)15-33(6)32-20/h9-12,15-17H,13-14H2,1-8H3,(H,30,36)/t16-,17-/m0/s1. The normalized spacial score (nSPS) is 17.7. The lowest BCUT2D eigenvalue weighted by atomic mass is 10.1. The van der Waals surface area contributed by atoms with Crippen LogP contribution in [0.4, 0.5) is 16.2 Å². The Morgan fingerprint density at radius 1 is 1.05 bits per heavy atom. The van der Waals surface area contributed by atoms with Crippen LogP contribution in [-0.4, -0.2) is 76.7 Å². The smallest absolute Gasteiger partial charge is 0.410 e. The first-order valence-electron chi connectivity index (χ1n) is 13.5. The first-order chi connectivity index (χ1) is 19.4. The summed E-state index contributed by atoms with van der Waals surface area (Å²) in [7, 11) is 4.97. The Hall–Kier alpha value is -4.06. The van der Waals surface area contributed by atoms with Gasteiger partial charge in [-0.2, -0.15) is 5.10 Å². The van der Waals surface area contributed by atoms with Crippen LogP contribution in [-0.2, 0) is 11.8 Å². The van der Waals surface area contributed by atoms with Crippen LogP contribution >= 0.6 is 11.3 Å². The largest absolute Gasteiger partial charge is 0.494 e. The molecule has 2 aromatic carbocycles. The number of hydrogen-bond donors (Lipinski definition) is 1. The lowest BCUT2D eigenvalue weighted by molar-refractivity contribution is 0.00567. The van der Waals surface area contributed by atoms with Gasteiger partial charge in [0.1, 0.15) is 11.1 Å². The third-order valence-corrected chi connectivity index (χ3v) is 8.03. The van der Waals surface area contributed by atoms with E-state index in [0.717, 1.165) is 21.3 Å². The van der Waals surface area contributed by atoms with Gasteiger partial charge in [-0.1, -0.05) is 11.3 Å². The molecule has 5 rings (SSSR count). The number of thiazole rings is 1. The zero-order valence-electron chi connectivity index (χ0n) is 24.6. The number of benzene rings is 2. The molecule has 0 saturated carbocycles. The summed E-state index contributed by atoms with van der Waals surface area (Å²) in [5.74, 6) is 0.228. The van der Waals surface area contributed by atoms with Crippen LogP contribution in [0.2, 0.25) is 0 Å². The number of nitrogens with zero attached hydrogens (tertiary/aromatic N) is 5. The highest BCUT2D eigenvalue weighted by Gasteiger charge is 2.36. The molecule has 3 heterocycles. The van der Waals surface area contributed by atoms with Gasteiger partial charge in [0.15, 0.2) is 5.75 Å². The zero-order valence-corrected chi connectivity index (χ0v) is 25.5. The average molecular weight is 581 g/mol. The Labute approximate surface area is 243 Å². The van der Waals surface area contributed by atoms with E-state index in [4.69, 9.17) is 14.2 Å². The second-order valence-electron chi connectivity index (χ2n) is 11.3. The number of carbonyl (C=O) groups is 2. The number of aryl methyl sites for hydroxylation is 1. The van der Waals surface area contributed by atoms with Gasteiger partial charge in [-0.3, -0.25) is 14.4 Å². The molecule has 0 aliphatic carbocycles. The van der Waals surface area contributed by atoms with Crippen molar-refractivity contribution in [2.45, 2.75) is 52.3 Å². The average Bonchev–Trinajstić information content (AvgIpc) is 3.49. The summed E-state index contributed by atoms with van der Waals surface area (Å²) in [4.78, 5) is 35.2. The quantitative estimate of drug-likeness (QED) is 0.339. The van der Waals surface area contributed by atoms with Crippen molar-refractivity contribution in [3.8, 4) is 10.9 Å². The number of ether oxygens (including phenoxy) is 3. The van der Waals surface area contributed by atoms with Crippen molar-refractivity contribution in [3.05, 3.63) is 36.0 Å². The Morgan fingerprint density at radius 3 is 2.39 bits per heavy atom. The first kappa shape index (κ1) is 28.5. The number of rotatable bonds is 5. The number of methoxy groups -OCH3 is 2. The van der Waals surface area contributed by atoms with Gasteiger partial charge in [0, 0.05) is 26.3 Å². The van der Waals surface area contributed by atoms with Gasteiger partial charge in [-0.05, 0) is 58.9 Å². The van der Waals surface area contributed by atoms with Crippen LogP contribution in [0.1, 0.15) is 45.0 Å². The van der Waals surface area contributed by atoms with E-state index in [1.807, 2.05) is 60.0 Å². The topological polar surface area (TPSA) is 111 Å². The van der Waals surface area contributed by atoms with Crippen LogP contribution < -0.4 is 19.7 Å². The van der Waals surface area contributed by atoms with E-state index in [0.29, 0.717) is 40.8 Å². The van der Waals surface area contributed by atoms with Crippen molar-refractivity contribution in [3.63, 3.8) is 0 Å². The SMILES string of the molecule is COc1nc2c(C(=O)Nc3ccc4nn(C)cc4c3OC)ccc(N3C[C@H](C)N(C(=O)OC(C)(C)C)[C@@H](C)C3)c2s1. The molecule has 2 atom stereocenters. The molecule has 4 aromatic rings. The summed E-state index contributed by atoms with van der Waals surface area (Å²) in [6.07, 6.45) is 1.54. The molecule has 1 saturated heterocycles. The van der Waals surface area contributed by atoms with E-state index in [1.54, 1.807) is 35.9 Å². The zero-order chi connectivity index (χ0) is 29.6. The number of amides is 2. The second-order valence-corrected chi connectivity index (χ2v) is 12.3. The van der Waals surface area contributed by atoms with Crippen molar-refractivity contribution in [2.75, 3.05) is 37.5 Å². The Balaban J connectivity index is 1.45. The van der Waals surface area contributed by atoms with E-state index in [9.17, 15) is 9.59 Å². The van der Waals surface area contributed by atoms with Gasteiger partial charge in [-0.15, -0.1) is 0 Å². The monoisotopic (exact) mass is 580 g/mol. The molecule has 0 unspecified atom stereocenters. The van der Waals surface area contributed by atoms with E-state index < -0.39 is 5.60 Å². The fraction of sp³-hybridized carbons (Fsp3) is 0.448. The van der Waals surface area contributed by atoms with Crippen LogP contribution in [0.25, 0.3) is 21.1 Å². The second kappa shape index (κ2) is 10.7. The van der Waals surface area contributed by atoms with Gasteiger partial charge in [0.2, 0.25) is 0 Å². The van der Waals surface area contributed by atoms with Crippen LogP contribution in [0, 0.1) is 0 Å². The first-order valence-corrected chi connectivity index (χ1v) is 14.3. The predicted octanol–water partition coefficient (Wildman–Crippen LogP) is 5.29. The van der Waals surface area contributed by atoms with E-state index in [-0.39, 0.29) is 24.1 Å². The molecule has 1 N–H and O–H groups in total. The lowest BCUT2D eigenvalue weighted by Gasteiger charge is -2.45. The lowest BCUT2D eigenvalue weighted by Crippen LogP contribution is -2.59. The van der Waals surface area contributed by atoms with Gasteiger partial charge in [0.05, 0.1) is 58.8 Å². The minimum atomic E-state index is -0.566. The van der Waals surface area contributed by atoms with Crippen LogP contribution in [0.15, 0.2) is 30.5 Å². The summed E-state index contributed by atoms with van der Waals surface area (Å²) in [6, 6.07) is 7.19. The van der Waals surface area contributed by atoms with Crippen molar-refractivity contribution >= 4 is 55.8 Å². The molecule has 0 radical (unpaired) electrons. The predicted molar refractivity (Wildman–Crippen MR) is 161 cm³/mol. The van der Waals surface area contributed by atoms with E-state index in [1.165, 1.54) is 11.3 Å². The Bertz CT molecular complexity index is 1610. The molecule has 2 amide bonds. The number of piperazine rings is 1. The highest BCUT2D eigenvalue weighted by Crippen LogP contribution is 2.40. The molecule has 41 heavy (non-hydrogen) atoms. The Kier molecular flexibility index (Phi) is 7.45. The third-order valence-electron chi connectivity index (χ3n) is 6.99. The molecule has 11 nitrogen and oxygen atoms in total. The van der Waals surface area contributed by atoms with Crippen molar-refractivity contribution in [1.29, 1.82) is 0 Å². The summed E-state index contributed by atoms with van der Waals surface area (Å²) in [5, 5.41) is 8.68. The number of nitrogens with one attached hydrogen (secondary N) is 1. The van der Waals surface area contributed by atoms with Crippen molar-refractivity contribution in [1.82, 2.24) is 19.7 Å². The third kappa shape index (κ3) is 5.48. The summed E-state index contributed by atoms with van der Waals surface area (Å²) >= 11 is 1.39. The van der Waals surface area contributed by atoms with Gasteiger partial charge in [0.25, 0.3) is 11.1 Å². The molecule has 1 aliphatic rings. The van der Waals surface area contributed by atoms with Crippen molar-refractivity contribution < 1.29 is 23.8 Å². The molecule has 218 valence electrons. The fourth-order valence-corrected chi connectivity index (χ4v) is 6.33. The van der Waals surface area contributed by atoms with Gasteiger partial charge >= 0.3 is 6.09 Å². The maximum atomic E-state index is 13.6. The number of hydrogen-bond acceptors (Lipinski definition) is 9. The molecular weight excluding hydrogens is 544 g/mol. The van der Waals surface area contributed by atoms with E-state index >= 15 is 0 Å². The highest BCUT2D eigenvalue weighted by atomic mass is 32.1. The van der Waals surface area contributed by atoms with Gasteiger partial charge < -0.3 is 24.4 Å². The Morgan fingerprint density at radius 2 is 1.76 bits per heavy atom. The number of anilines is 2. The minimum absolute atomic E-state index is 0.0868. The number of fused-ring (bicyclic) bond motifs is 2. The summed E-state index contributed by atoms with van der Waals surface area (Å²) in [5.41, 5.74) is 2.66. The van der Waals surface area contributed by atoms with Gasteiger partial charge in [-0.25, -0.2) is 9.78 Å². The summed E-state index contributed by atoms with van der Waals surface area (Å²) in [6.45, 7) is 10.9. The number of carbonyl (C=O) groups excluding carboxylic acids is 2. The molecule has 2 aromatic heterocycles. The molecule has 12 heteroatoms. The van der Waals surface area contributed by atoms with Crippen LogP contribution in [0.3, 0.4) is 0 Å².